The van der Waals surface area contributed by atoms with Crippen molar-refractivity contribution in [2.24, 2.45) is 0 Å². The maximum Gasteiger partial charge on any atom is 0.349 e. The fraction of sp³-hybridized carbons (Fsp3) is 0.273. The van der Waals surface area contributed by atoms with E-state index in [2.05, 4.69) is 5.32 Å². The Bertz CT molecular complexity index is 1250. The van der Waals surface area contributed by atoms with E-state index in [0.29, 0.717) is 15.9 Å². The van der Waals surface area contributed by atoms with Crippen LogP contribution in [0.4, 0.5) is 8.78 Å². The Labute approximate surface area is 208 Å². The molecular formula is C22H15B3ClF2N3O4. The zero-order valence-corrected chi connectivity index (χ0v) is 18.9. The average Bonchev–Trinajstić information content (AvgIpc) is 3.16. The van der Waals surface area contributed by atoms with E-state index in [1.54, 1.807) is 0 Å². The molecule has 0 aliphatic carbocycles. The van der Waals surface area contributed by atoms with Gasteiger partial charge in [-0.2, -0.15) is 8.78 Å². The molecule has 7 nitrogen and oxygen atoms in total. The van der Waals surface area contributed by atoms with Crippen LogP contribution in [0.3, 0.4) is 0 Å². The van der Waals surface area contributed by atoms with Gasteiger partial charge in [0.25, 0.3) is 11.8 Å². The van der Waals surface area contributed by atoms with Crippen molar-refractivity contribution in [3.8, 4) is 0 Å². The van der Waals surface area contributed by atoms with Crippen molar-refractivity contribution in [2.75, 3.05) is 0 Å². The summed E-state index contributed by atoms with van der Waals surface area (Å²) < 4.78 is 29.0. The van der Waals surface area contributed by atoms with Crippen molar-refractivity contribution in [3.05, 3.63) is 69.7 Å². The molecule has 2 aliphatic heterocycles. The van der Waals surface area contributed by atoms with E-state index in [-0.39, 0.29) is 30.1 Å². The lowest BCUT2D eigenvalue weighted by molar-refractivity contribution is -0.148. The summed E-state index contributed by atoms with van der Waals surface area (Å²) >= 11 is 5.71. The first kappa shape index (κ1) is 25.0. The first-order valence-corrected chi connectivity index (χ1v) is 10.8. The topological polar surface area (TPSA) is 86.8 Å². The Morgan fingerprint density at radius 1 is 1.17 bits per heavy atom. The van der Waals surface area contributed by atoms with E-state index in [0.717, 1.165) is 17.0 Å². The number of hydrogen-bond donors (Lipinski definition) is 1. The number of halogens is 3. The molecule has 1 fully saturated rings. The summed E-state index contributed by atoms with van der Waals surface area (Å²) in [6.45, 7) is -0.379. The normalized spacial score (nSPS) is 22.4. The lowest BCUT2D eigenvalue weighted by atomic mass is 9.55. The molecular weight excluding hydrogens is 476 g/mol. The summed E-state index contributed by atoms with van der Waals surface area (Å²) in [5.74, 6) is -8.82. The average molecular weight is 491 g/mol. The number of alkyl halides is 2. The highest BCUT2D eigenvalue weighted by Crippen LogP contribution is 2.39. The number of carbonyl (C=O) groups excluding carboxylic acids is 4. The summed E-state index contributed by atoms with van der Waals surface area (Å²) in [4.78, 5) is 51.0. The van der Waals surface area contributed by atoms with E-state index in [9.17, 15) is 28.0 Å². The number of nitrogens with one attached hydrogen (secondary N) is 1. The number of rotatable bonds is 5. The van der Waals surface area contributed by atoms with Crippen LogP contribution in [0.1, 0.15) is 33.5 Å². The van der Waals surface area contributed by atoms with Gasteiger partial charge < -0.3 is 15.0 Å². The van der Waals surface area contributed by atoms with Crippen LogP contribution in [-0.4, -0.2) is 62.5 Å². The lowest BCUT2D eigenvalue weighted by Gasteiger charge is -2.48. The molecule has 2 aliphatic rings. The van der Waals surface area contributed by atoms with Gasteiger partial charge in [-0.25, -0.2) is 0 Å². The standard InChI is InChI=1S/C22H15B3ClF2N3O4/c23-16-8-17(32)31(25)20(35)21(16,24)30-10-12-7-11(1-6-15(12)18(30)33)9-29-19(34)22(27,28)13-2-4-14(26)5-3-13/h1-7,16H,8-10H2,(H,29,34)/t16?,21-/m0/s1. The van der Waals surface area contributed by atoms with Crippen LogP contribution in [0, 0.1) is 0 Å². The van der Waals surface area contributed by atoms with E-state index < -0.39 is 46.4 Å². The van der Waals surface area contributed by atoms with Gasteiger partial charge in [0, 0.05) is 35.7 Å². The zero-order chi connectivity index (χ0) is 25.7. The highest BCUT2D eigenvalue weighted by molar-refractivity contribution is 6.42. The van der Waals surface area contributed by atoms with Gasteiger partial charge in [0.15, 0.2) is 0 Å². The fourth-order valence-corrected chi connectivity index (χ4v) is 4.22. The van der Waals surface area contributed by atoms with Gasteiger partial charge in [-0.3, -0.25) is 19.2 Å². The number of imide groups is 1. The molecule has 172 valence electrons. The Kier molecular flexibility index (Phi) is 6.29. The van der Waals surface area contributed by atoms with Crippen molar-refractivity contribution in [1.29, 1.82) is 0 Å². The number of fused-ring (bicyclic) bond motifs is 1. The summed E-state index contributed by atoms with van der Waals surface area (Å²) in [5.41, 5.74) is -1.47. The summed E-state index contributed by atoms with van der Waals surface area (Å²) in [5, 5.41) is 2.44. The molecule has 4 rings (SSSR count). The van der Waals surface area contributed by atoms with Crippen LogP contribution in [0.25, 0.3) is 0 Å². The fourth-order valence-electron chi connectivity index (χ4n) is 4.09. The number of carbonyl (C=O) groups is 4. The Hall–Kier alpha value is -3.14. The minimum Gasteiger partial charge on any atom is -0.346 e. The van der Waals surface area contributed by atoms with E-state index in [1.807, 2.05) is 0 Å². The number of hydrogen-bond acceptors (Lipinski definition) is 4. The van der Waals surface area contributed by atoms with Crippen LogP contribution in [0.2, 0.25) is 10.8 Å². The second kappa shape index (κ2) is 8.82. The van der Waals surface area contributed by atoms with E-state index in [1.165, 1.54) is 30.3 Å². The van der Waals surface area contributed by atoms with Crippen molar-refractivity contribution in [3.63, 3.8) is 0 Å². The summed E-state index contributed by atoms with van der Waals surface area (Å²) in [6, 6.07) is 9.08. The van der Waals surface area contributed by atoms with E-state index in [4.69, 9.17) is 35.3 Å². The Morgan fingerprint density at radius 2 is 1.83 bits per heavy atom. The molecule has 2 aromatic rings. The van der Waals surface area contributed by atoms with Gasteiger partial charge in [0.1, 0.15) is 7.85 Å². The molecule has 6 radical (unpaired) electrons. The second-order valence-electron chi connectivity index (χ2n) is 8.35. The van der Waals surface area contributed by atoms with Crippen LogP contribution < -0.4 is 5.32 Å². The maximum atomic E-state index is 14.5. The van der Waals surface area contributed by atoms with Gasteiger partial charge in [0.05, 0.1) is 13.3 Å². The Balaban J connectivity index is 1.50. The minimum atomic E-state index is -3.79. The highest BCUT2D eigenvalue weighted by Gasteiger charge is 2.53. The van der Waals surface area contributed by atoms with Crippen molar-refractivity contribution in [2.45, 2.75) is 36.7 Å². The quantitative estimate of drug-likeness (QED) is 0.506. The number of piperidine rings is 1. The van der Waals surface area contributed by atoms with Crippen LogP contribution >= 0.6 is 11.6 Å². The largest absolute Gasteiger partial charge is 0.349 e. The third-order valence-electron chi connectivity index (χ3n) is 6.16. The molecule has 2 atom stereocenters. The molecule has 0 bridgehead atoms. The predicted molar refractivity (Wildman–Crippen MR) is 124 cm³/mol. The monoisotopic (exact) mass is 491 g/mol. The molecule has 35 heavy (non-hydrogen) atoms. The predicted octanol–water partition coefficient (Wildman–Crippen LogP) is 1.37. The smallest absolute Gasteiger partial charge is 0.346 e. The highest BCUT2D eigenvalue weighted by atomic mass is 35.5. The van der Waals surface area contributed by atoms with Gasteiger partial charge in [-0.05, 0) is 35.1 Å². The first-order chi connectivity index (χ1) is 16.4. The van der Waals surface area contributed by atoms with Crippen molar-refractivity contribution >= 4 is 58.9 Å². The molecule has 2 aromatic carbocycles. The molecule has 0 saturated carbocycles. The maximum absolute atomic E-state index is 14.5. The molecule has 0 spiro atoms. The molecule has 1 saturated heterocycles. The third-order valence-corrected chi connectivity index (χ3v) is 6.41. The van der Waals surface area contributed by atoms with Gasteiger partial charge in [-0.15, -0.1) is 0 Å². The molecule has 1 unspecified atom stereocenters. The number of amides is 4. The third kappa shape index (κ3) is 4.13. The van der Waals surface area contributed by atoms with Gasteiger partial charge in [0.2, 0.25) is 19.8 Å². The van der Waals surface area contributed by atoms with E-state index >= 15 is 0 Å². The SMILES string of the molecule is [B]C1CC(=O)N([B])C(=O)[C@@]1([B])N1Cc2cc(CNC(=O)C(F)(F)c3ccc(Cl)cc3)ccc2C1=O. The second-order valence-corrected chi connectivity index (χ2v) is 8.79. The first-order valence-electron chi connectivity index (χ1n) is 10.4. The molecule has 2 heterocycles. The minimum absolute atomic E-state index is 0.130. The lowest BCUT2D eigenvalue weighted by Crippen LogP contribution is -2.66. The van der Waals surface area contributed by atoms with Crippen LogP contribution in [-0.2, 0) is 33.4 Å². The van der Waals surface area contributed by atoms with Crippen molar-refractivity contribution in [1.82, 2.24) is 15.0 Å². The molecule has 1 N–H and O–H groups in total. The molecule has 0 aromatic heterocycles. The Morgan fingerprint density at radius 3 is 2.49 bits per heavy atom. The number of benzene rings is 2. The number of nitrogens with zero attached hydrogens (tertiary/aromatic N) is 2. The van der Waals surface area contributed by atoms with Gasteiger partial charge >= 0.3 is 5.92 Å². The summed E-state index contributed by atoms with van der Waals surface area (Å²) in [7, 11) is 17.7. The van der Waals surface area contributed by atoms with Crippen LogP contribution in [0.15, 0.2) is 42.5 Å². The zero-order valence-electron chi connectivity index (χ0n) is 18.1. The summed E-state index contributed by atoms with van der Waals surface area (Å²) in [6.07, 6.45) is -0.335. The van der Waals surface area contributed by atoms with Crippen LogP contribution in [0.5, 0.6) is 0 Å². The van der Waals surface area contributed by atoms with Gasteiger partial charge in [-0.1, -0.05) is 35.9 Å². The van der Waals surface area contributed by atoms with Crippen molar-refractivity contribution < 1.29 is 28.0 Å². The molecule has 4 amide bonds. The molecule has 13 heteroatoms.